The van der Waals surface area contributed by atoms with Crippen molar-refractivity contribution in [3.05, 3.63) is 24.3 Å². The van der Waals surface area contributed by atoms with E-state index in [1.165, 1.54) is 25.7 Å². The number of amides is 2. The molecule has 1 aliphatic rings. The van der Waals surface area contributed by atoms with E-state index in [0.717, 1.165) is 12.1 Å². The Morgan fingerprint density at radius 3 is 2.58 bits per heavy atom. The van der Waals surface area contributed by atoms with Crippen LogP contribution < -0.4 is 16.4 Å². The van der Waals surface area contributed by atoms with Crippen LogP contribution in [-0.2, 0) is 0 Å². The van der Waals surface area contributed by atoms with Crippen molar-refractivity contribution in [2.45, 2.75) is 45.1 Å². The normalized spacial score (nSPS) is 23.4. The molecule has 0 aliphatic heterocycles. The van der Waals surface area contributed by atoms with Gasteiger partial charge in [0.2, 0.25) is 0 Å². The highest BCUT2D eigenvalue weighted by molar-refractivity contribution is 5.89. The lowest BCUT2D eigenvalue weighted by Gasteiger charge is -2.23. The van der Waals surface area contributed by atoms with Crippen LogP contribution in [-0.4, -0.2) is 12.1 Å². The zero-order valence-electron chi connectivity index (χ0n) is 11.5. The second-order valence-corrected chi connectivity index (χ2v) is 5.44. The van der Waals surface area contributed by atoms with Gasteiger partial charge in [0.15, 0.2) is 0 Å². The number of carbonyl (C=O) groups is 1. The molecule has 2 atom stereocenters. The van der Waals surface area contributed by atoms with Crippen LogP contribution in [0.25, 0.3) is 0 Å². The average molecular weight is 261 g/mol. The Bertz CT molecular complexity index is 416. The molecule has 1 fully saturated rings. The molecule has 0 radical (unpaired) electrons. The van der Waals surface area contributed by atoms with Crippen molar-refractivity contribution >= 4 is 17.4 Å². The maximum absolute atomic E-state index is 12.0. The van der Waals surface area contributed by atoms with E-state index in [4.69, 9.17) is 5.73 Å². The van der Waals surface area contributed by atoms with E-state index >= 15 is 0 Å². The predicted molar refractivity (Wildman–Crippen MR) is 79.0 cm³/mol. The Hall–Kier alpha value is -1.71. The summed E-state index contributed by atoms with van der Waals surface area (Å²) >= 11 is 0. The van der Waals surface area contributed by atoms with Gasteiger partial charge in [0, 0.05) is 17.4 Å². The number of anilines is 2. The summed E-state index contributed by atoms with van der Waals surface area (Å²) in [6.07, 6.45) is 6.04. The van der Waals surface area contributed by atoms with Gasteiger partial charge < -0.3 is 16.4 Å². The minimum atomic E-state index is -0.122. The van der Waals surface area contributed by atoms with Crippen molar-refractivity contribution in [3.63, 3.8) is 0 Å². The Morgan fingerprint density at radius 1 is 1.16 bits per heavy atom. The summed E-state index contributed by atoms with van der Waals surface area (Å²) in [5.41, 5.74) is 7.08. The van der Waals surface area contributed by atoms with E-state index in [9.17, 15) is 4.79 Å². The van der Waals surface area contributed by atoms with E-state index < -0.39 is 0 Å². The van der Waals surface area contributed by atoms with Crippen LogP contribution >= 0.6 is 0 Å². The number of rotatable bonds is 2. The maximum Gasteiger partial charge on any atom is 0.319 e. The maximum atomic E-state index is 12.0. The molecule has 1 aromatic carbocycles. The van der Waals surface area contributed by atoms with Gasteiger partial charge >= 0.3 is 6.03 Å². The van der Waals surface area contributed by atoms with Crippen LogP contribution in [0.4, 0.5) is 16.2 Å². The number of nitrogens with one attached hydrogen (secondary N) is 2. The summed E-state index contributed by atoms with van der Waals surface area (Å²) in [4.78, 5) is 12.0. The second-order valence-electron chi connectivity index (χ2n) is 5.44. The lowest BCUT2D eigenvalue weighted by atomic mass is 9.97. The van der Waals surface area contributed by atoms with Crippen molar-refractivity contribution in [2.75, 3.05) is 11.1 Å². The van der Waals surface area contributed by atoms with Crippen LogP contribution in [0, 0.1) is 5.92 Å². The molecule has 4 nitrogen and oxygen atoms in total. The van der Waals surface area contributed by atoms with Crippen LogP contribution in [0.2, 0.25) is 0 Å². The van der Waals surface area contributed by atoms with E-state index in [1.807, 2.05) is 12.1 Å². The highest BCUT2D eigenvalue weighted by Gasteiger charge is 2.21. The molecule has 1 aromatic rings. The van der Waals surface area contributed by atoms with Gasteiger partial charge in [0.1, 0.15) is 0 Å². The lowest BCUT2D eigenvalue weighted by Crippen LogP contribution is -2.41. The number of hydrogen-bond acceptors (Lipinski definition) is 2. The van der Waals surface area contributed by atoms with Crippen LogP contribution in [0.1, 0.15) is 39.0 Å². The van der Waals surface area contributed by atoms with Gasteiger partial charge in [-0.15, -0.1) is 0 Å². The van der Waals surface area contributed by atoms with Gasteiger partial charge in [0.05, 0.1) is 0 Å². The van der Waals surface area contributed by atoms with Gasteiger partial charge in [-0.1, -0.05) is 26.2 Å². The van der Waals surface area contributed by atoms with Crippen molar-refractivity contribution in [2.24, 2.45) is 5.92 Å². The number of benzene rings is 1. The highest BCUT2D eigenvalue weighted by atomic mass is 16.2. The Morgan fingerprint density at radius 2 is 1.84 bits per heavy atom. The summed E-state index contributed by atoms with van der Waals surface area (Å²) in [7, 11) is 0. The smallest absolute Gasteiger partial charge is 0.319 e. The number of hydrogen-bond donors (Lipinski definition) is 3. The molecule has 1 saturated carbocycles. The molecule has 4 N–H and O–H groups in total. The standard InChI is InChI=1S/C15H23N3O/c1-11-5-3-2-4-6-14(11)18-15(19)17-13-9-7-12(16)8-10-13/h7-11,14H,2-6,16H2,1H3,(H2,17,18,19). The molecule has 19 heavy (non-hydrogen) atoms. The molecule has 104 valence electrons. The molecule has 2 unspecified atom stereocenters. The largest absolute Gasteiger partial charge is 0.399 e. The third-order valence-corrected chi connectivity index (χ3v) is 3.85. The highest BCUT2D eigenvalue weighted by Crippen LogP contribution is 2.23. The zero-order chi connectivity index (χ0) is 13.7. The quantitative estimate of drug-likeness (QED) is 0.564. The molecule has 0 saturated heterocycles. The van der Waals surface area contributed by atoms with Gasteiger partial charge in [-0.3, -0.25) is 0 Å². The minimum absolute atomic E-state index is 0.122. The Kier molecular flexibility index (Phi) is 4.66. The van der Waals surface area contributed by atoms with Crippen molar-refractivity contribution in [1.82, 2.24) is 5.32 Å². The molecule has 0 aromatic heterocycles. The van der Waals surface area contributed by atoms with E-state index in [-0.39, 0.29) is 12.1 Å². The monoisotopic (exact) mass is 261 g/mol. The molecular formula is C15H23N3O. The van der Waals surface area contributed by atoms with Crippen molar-refractivity contribution < 1.29 is 4.79 Å². The molecule has 2 rings (SSSR count). The molecule has 1 aliphatic carbocycles. The van der Waals surface area contributed by atoms with E-state index in [2.05, 4.69) is 17.6 Å². The molecular weight excluding hydrogens is 238 g/mol. The summed E-state index contributed by atoms with van der Waals surface area (Å²) in [6.45, 7) is 2.22. The molecule has 4 heteroatoms. The zero-order valence-corrected chi connectivity index (χ0v) is 11.5. The molecule has 0 bridgehead atoms. The van der Waals surface area contributed by atoms with Crippen LogP contribution in [0.15, 0.2) is 24.3 Å². The van der Waals surface area contributed by atoms with E-state index in [1.54, 1.807) is 12.1 Å². The lowest BCUT2D eigenvalue weighted by molar-refractivity contribution is 0.242. The van der Waals surface area contributed by atoms with Crippen molar-refractivity contribution in [3.8, 4) is 0 Å². The first-order chi connectivity index (χ1) is 9.15. The molecule has 0 heterocycles. The SMILES string of the molecule is CC1CCCCCC1NC(=O)Nc1ccc(N)cc1. The number of nitrogens with two attached hydrogens (primary N) is 1. The first-order valence-corrected chi connectivity index (χ1v) is 7.08. The fourth-order valence-electron chi connectivity index (χ4n) is 2.61. The fraction of sp³-hybridized carbons (Fsp3) is 0.533. The predicted octanol–water partition coefficient (Wildman–Crippen LogP) is 3.36. The summed E-state index contributed by atoms with van der Waals surface area (Å²) < 4.78 is 0. The van der Waals surface area contributed by atoms with Gasteiger partial charge in [-0.2, -0.15) is 0 Å². The second kappa shape index (κ2) is 6.45. The molecule has 0 spiro atoms. The van der Waals surface area contributed by atoms with Crippen LogP contribution in [0.3, 0.4) is 0 Å². The summed E-state index contributed by atoms with van der Waals surface area (Å²) in [5, 5.41) is 5.94. The number of carbonyl (C=O) groups excluding carboxylic acids is 1. The topological polar surface area (TPSA) is 67.2 Å². The first kappa shape index (κ1) is 13.7. The Labute approximate surface area is 114 Å². The average Bonchev–Trinajstić information content (AvgIpc) is 2.58. The number of nitrogen functional groups attached to an aromatic ring is 1. The third-order valence-electron chi connectivity index (χ3n) is 3.85. The Balaban J connectivity index is 1.87. The van der Waals surface area contributed by atoms with Crippen LogP contribution in [0.5, 0.6) is 0 Å². The van der Waals surface area contributed by atoms with Crippen molar-refractivity contribution in [1.29, 1.82) is 0 Å². The van der Waals surface area contributed by atoms with Gasteiger partial charge in [-0.25, -0.2) is 4.79 Å². The first-order valence-electron chi connectivity index (χ1n) is 7.08. The minimum Gasteiger partial charge on any atom is -0.399 e. The molecule has 2 amide bonds. The third kappa shape index (κ3) is 4.16. The number of urea groups is 1. The summed E-state index contributed by atoms with van der Waals surface area (Å²) in [6, 6.07) is 7.35. The van der Waals surface area contributed by atoms with E-state index in [0.29, 0.717) is 11.6 Å². The fourth-order valence-corrected chi connectivity index (χ4v) is 2.61. The van der Waals surface area contributed by atoms with Gasteiger partial charge in [-0.05, 0) is 43.0 Å². The van der Waals surface area contributed by atoms with Gasteiger partial charge in [0.25, 0.3) is 0 Å². The summed E-state index contributed by atoms with van der Waals surface area (Å²) in [5.74, 6) is 0.555.